The van der Waals surface area contributed by atoms with Crippen molar-refractivity contribution >= 4 is 44.8 Å². The smallest absolute Gasteiger partial charge is 0.333 e. The van der Waals surface area contributed by atoms with Crippen LogP contribution in [0.25, 0.3) is 0 Å². The molecule has 13 heteroatoms. The second-order valence-corrected chi connectivity index (χ2v) is 12.2. The number of anilines is 1. The summed E-state index contributed by atoms with van der Waals surface area (Å²) >= 11 is 7.60. The fraction of sp³-hybridized carbons (Fsp3) is 0.400. The van der Waals surface area contributed by atoms with Crippen molar-refractivity contribution in [3.63, 3.8) is 0 Å². The predicted octanol–water partition coefficient (Wildman–Crippen LogP) is 3.03. The van der Waals surface area contributed by atoms with Gasteiger partial charge in [0.05, 0.1) is 29.8 Å². The number of thiophene rings is 1. The minimum absolute atomic E-state index is 0.221. The SMILES string of the molecule is C[C@]1(c2csc(C(=O)c3cncnc3N[C@@H]3C[C@H](COS(N)(=O)=O)[C@@H](O)C3)c2)OCCc2ccc(Cl)cc21. The summed E-state index contributed by atoms with van der Waals surface area (Å²) in [6.07, 6.45) is 3.54. The maximum Gasteiger partial charge on any atom is 0.333 e. The molecule has 3 aromatic rings. The van der Waals surface area contributed by atoms with E-state index < -0.39 is 27.9 Å². The summed E-state index contributed by atoms with van der Waals surface area (Å²) in [7, 11) is -4.10. The van der Waals surface area contributed by atoms with E-state index >= 15 is 0 Å². The lowest BCUT2D eigenvalue weighted by atomic mass is 9.83. The van der Waals surface area contributed by atoms with Crippen LogP contribution >= 0.6 is 22.9 Å². The van der Waals surface area contributed by atoms with Gasteiger partial charge in [-0.2, -0.15) is 8.42 Å². The third kappa shape index (κ3) is 5.62. The van der Waals surface area contributed by atoms with Crippen LogP contribution in [0.15, 0.2) is 42.2 Å². The average Bonchev–Trinajstić information content (AvgIpc) is 3.50. The summed E-state index contributed by atoms with van der Waals surface area (Å²) in [6, 6.07) is 7.38. The highest BCUT2D eigenvalue weighted by atomic mass is 35.5. The van der Waals surface area contributed by atoms with Crippen LogP contribution in [0.4, 0.5) is 5.82 Å². The first-order valence-corrected chi connectivity index (χ1v) is 14.7. The summed E-state index contributed by atoms with van der Waals surface area (Å²) in [5, 5.41) is 21.0. The maximum atomic E-state index is 13.6. The molecule has 0 saturated heterocycles. The Morgan fingerprint density at radius 2 is 2.18 bits per heavy atom. The van der Waals surface area contributed by atoms with E-state index in [1.54, 1.807) is 0 Å². The molecule has 202 valence electrons. The van der Waals surface area contributed by atoms with Crippen molar-refractivity contribution in [3.05, 3.63) is 74.3 Å². The molecule has 0 radical (unpaired) electrons. The molecule has 5 rings (SSSR count). The number of aromatic nitrogens is 2. The van der Waals surface area contributed by atoms with Crippen molar-refractivity contribution < 1.29 is 27.2 Å². The van der Waals surface area contributed by atoms with Crippen LogP contribution in [0.1, 0.15) is 51.7 Å². The van der Waals surface area contributed by atoms with Crippen molar-refractivity contribution in [1.82, 2.24) is 9.97 Å². The number of hydrogen-bond donors (Lipinski definition) is 3. The number of carbonyl (C=O) groups is 1. The molecule has 0 amide bonds. The van der Waals surface area contributed by atoms with Crippen molar-refractivity contribution in [2.24, 2.45) is 11.1 Å². The van der Waals surface area contributed by atoms with Crippen LogP contribution in [0.3, 0.4) is 0 Å². The molecule has 3 heterocycles. The first-order chi connectivity index (χ1) is 18.0. The van der Waals surface area contributed by atoms with E-state index in [9.17, 15) is 18.3 Å². The highest BCUT2D eigenvalue weighted by molar-refractivity contribution is 7.84. The van der Waals surface area contributed by atoms with E-state index in [-0.39, 0.29) is 24.0 Å². The second-order valence-electron chi connectivity index (χ2n) is 9.66. The van der Waals surface area contributed by atoms with E-state index in [2.05, 4.69) is 19.5 Å². The molecule has 2 aromatic heterocycles. The Morgan fingerprint density at radius 1 is 1.37 bits per heavy atom. The first kappa shape index (κ1) is 27.1. The van der Waals surface area contributed by atoms with Gasteiger partial charge in [-0.15, -0.1) is 11.3 Å². The molecule has 1 saturated carbocycles. The summed E-state index contributed by atoms with van der Waals surface area (Å²) in [5.41, 5.74) is 2.56. The Hall–Kier alpha value is -2.45. The van der Waals surface area contributed by atoms with Crippen LogP contribution in [0.2, 0.25) is 5.02 Å². The molecular formula is C25H27ClN4O6S2. The Kier molecular flexibility index (Phi) is 7.57. The lowest BCUT2D eigenvalue weighted by Gasteiger charge is -2.36. The third-order valence-corrected chi connectivity index (χ3v) is 8.75. The van der Waals surface area contributed by atoms with Crippen LogP contribution in [0.5, 0.6) is 0 Å². The van der Waals surface area contributed by atoms with Gasteiger partial charge in [0.15, 0.2) is 0 Å². The van der Waals surface area contributed by atoms with Gasteiger partial charge in [0.1, 0.15) is 17.7 Å². The summed E-state index contributed by atoms with van der Waals surface area (Å²) in [4.78, 5) is 22.4. The van der Waals surface area contributed by atoms with Gasteiger partial charge >= 0.3 is 10.3 Å². The lowest BCUT2D eigenvalue weighted by Crippen LogP contribution is -2.33. The lowest BCUT2D eigenvalue weighted by molar-refractivity contribution is -0.0138. The monoisotopic (exact) mass is 578 g/mol. The molecule has 1 aromatic carbocycles. The van der Waals surface area contributed by atoms with E-state index in [4.69, 9.17) is 21.5 Å². The minimum Gasteiger partial charge on any atom is -0.393 e. The Balaban J connectivity index is 1.35. The number of carbonyl (C=O) groups excluding carboxylic acids is 1. The second kappa shape index (κ2) is 10.6. The number of rotatable bonds is 8. The van der Waals surface area contributed by atoms with Gasteiger partial charge in [-0.3, -0.25) is 8.98 Å². The van der Waals surface area contributed by atoms with Gasteiger partial charge in [0, 0.05) is 23.2 Å². The number of nitrogens with zero attached hydrogens (tertiary/aromatic N) is 2. The Bertz CT molecular complexity index is 1470. The van der Waals surface area contributed by atoms with Crippen LogP contribution in [-0.4, -0.2) is 54.6 Å². The summed E-state index contributed by atoms with van der Waals surface area (Å²) < 4.78 is 33.1. The average molecular weight is 579 g/mol. The van der Waals surface area contributed by atoms with Gasteiger partial charge < -0.3 is 15.2 Å². The molecule has 2 aliphatic rings. The van der Waals surface area contributed by atoms with Gasteiger partial charge in [0.25, 0.3) is 0 Å². The molecule has 1 aliphatic heterocycles. The van der Waals surface area contributed by atoms with Crippen LogP contribution in [-0.2, 0) is 31.2 Å². The molecule has 0 unspecified atom stereocenters. The van der Waals surface area contributed by atoms with Crippen LogP contribution in [0, 0.1) is 5.92 Å². The third-order valence-electron chi connectivity index (χ3n) is 7.12. The van der Waals surface area contributed by atoms with Crippen molar-refractivity contribution in [2.75, 3.05) is 18.5 Å². The van der Waals surface area contributed by atoms with Crippen molar-refractivity contribution in [3.8, 4) is 0 Å². The van der Waals surface area contributed by atoms with E-state index in [1.807, 2.05) is 36.6 Å². The predicted molar refractivity (Wildman–Crippen MR) is 143 cm³/mol. The number of hydrogen-bond acceptors (Lipinski definition) is 10. The molecule has 0 spiro atoms. The number of nitrogens with two attached hydrogens (primary N) is 1. The standard InChI is InChI=1S/C25H27ClN4O6S2/c1-25(20-8-17(26)3-2-14(20)4-5-35-25)16-7-22(37-12-16)23(32)19-10-28-13-29-24(19)30-18-6-15(21(31)9-18)11-36-38(27,33)34/h2-3,7-8,10,12-13,15,18,21,31H,4-6,9,11H2,1H3,(H2,27,33,34)(H,28,29,30)/t15-,18-,21+,25-/m1/s1. The fourth-order valence-corrected chi connectivity index (χ4v) is 6.61. The quantitative estimate of drug-likeness (QED) is 0.342. The topological polar surface area (TPSA) is 154 Å². The summed E-state index contributed by atoms with van der Waals surface area (Å²) in [6.45, 7) is 2.32. The Labute approximate surface area is 229 Å². The van der Waals surface area contributed by atoms with Crippen LogP contribution < -0.4 is 10.5 Å². The highest BCUT2D eigenvalue weighted by Crippen LogP contribution is 2.42. The number of fused-ring (bicyclic) bond motifs is 1. The van der Waals surface area contributed by atoms with Crippen molar-refractivity contribution in [1.29, 1.82) is 0 Å². The number of nitrogens with one attached hydrogen (secondary N) is 1. The zero-order valence-corrected chi connectivity index (χ0v) is 22.9. The number of halogens is 1. The fourth-order valence-electron chi connectivity index (χ4n) is 5.12. The van der Waals surface area contributed by atoms with E-state index in [0.717, 1.165) is 23.1 Å². The number of aliphatic hydroxyl groups is 1. The summed E-state index contributed by atoms with van der Waals surface area (Å²) in [5.74, 6) is -0.343. The zero-order valence-electron chi connectivity index (χ0n) is 20.5. The van der Waals surface area contributed by atoms with Gasteiger partial charge in [-0.1, -0.05) is 17.7 Å². The highest BCUT2D eigenvalue weighted by Gasteiger charge is 2.37. The number of benzene rings is 1. The number of ether oxygens (including phenoxy) is 1. The van der Waals surface area contributed by atoms with Crippen molar-refractivity contribution in [2.45, 2.75) is 43.9 Å². The largest absolute Gasteiger partial charge is 0.393 e. The number of aliphatic hydroxyl groups excluding tert-OH is 1. The number of ketones is 1. The molecule has 10 nitrogen and oxygen atoms in total. The van der Waals surface area contributed by atoms with Gasteiger partial charge in [-0.25, -0.2) is 15.1 Å². The first-order valence-electron chi connectivity index (χ1n) is 12.0. The van der Waals surface area contributed by atoms with Gasteiger partial charge in [0.2, 0.25) is 5.78 Å². The molecule has 38 heavy (non-hydrogen) atoms. The zero-order chi connectivity index (χ0) is 27.1. The Morgan fingerprint density at radius 3 is 2.97 bits per heavy atom. The molecule has 4 atom stereocenters. The molecule has 1 aliphatic carbocycles. The minimum atomic E-state index is -4.10. The molecule has 0 bridgehead atoms. The van der Waals surface area contributed by atoms with E-state index in [0.29, 0.717) is 35.2 Å². The molecule has 4 N–H and O–H groups in total. The molecular weight excluding hydrogens is 552 g/mol. The van der Waals surface area contributed by atoms with E-state index in [1.165, 1.54) is 23.9 Å². The van der Waals surface area contributed by atoms with Gasteiger partial charge in [-0.05, 0) is 66.5 Å². The maximum absolute atomic E-state index is 13.6. The molecule has 1 fully saturated rings. The normalized spacial score (nSPS) is 25.2.